The van der Waals surface area contributed by atoms with Gasteiger partial charge in [-0.25, -0.2) is 4.79 Å². The molecule has 1 saturated carbocycles. The lowest BCUT2D eigenvalue weighted by Gasteiger charge is -2.26. The van der Waals surface area contributed by atoms with Crippen LogP contribution >= 0.6 is 0 Å². The van der Waals surface area contributed by atoms with E-state index in [4.69, 9.17) is 5.73 Å². The van der Waals surface area contributed by atoms with E-state index in [0.717, 1.165) is 45.2 Å². The van der Waals surface area contributed by atoms with E-state index in [1.165, 1.54) is 0 Å². The number of rotatable bonds is 4. The Hall–Kier alpha value is -0.770. The van der Waals surface area contributed by atoms with E-state index in [0.29, 0.717) is 12.0 Å². The molecule has 0 radical (unpaired) electrons. The number of hydrogen-bond donors (Lipinski definition) is 3. The number of carbonyl (C=O) groups excluding carboxylic acids is 1. The first-order valence-corrected chi connectivity index (χ1v) is 5.99. The predicted molar refractivity (Wildman–Crippen MR) is 61.6 cm³/mol. The largest absolute Gasteiger partial charge is 0.338 e. The van der Waals surface area contributed by atoms with Crippen molar-refractivity contribution in [1.29, 1.82) is 0 Å². The minimum Gasteiger partial charge on any atom is -0.338 e. The Balaban J connectivity index is 2.06. The van der Waals surface area contributed by atoms with Crippen LogP contribution in [-0.2, 0) is 0 Å². The van der Waals surface area contributed by atoms with Gasteiger partial charge in [-0.3, -0.25) is 0 Å². The number of nitrogens with one attached hydrogen (secondary N) is 2. The summed E-state index contributed by atoms with van der Waals surface area (Å²) in [6.45, 7) is 3.59. The predicted octanol–water partition coefficient (Wildman–Crippen LogP) is 1.21. The molecule has 1 rings (SSSR count). The van der Waals surface area contributed by atoms with Crippen molar-refractivity contribution in [3.05, 3.63) is 0 Å². The molecule has 1 aliphatic carbocycles. The molecule has 1 fully saturated rings. The topological polar surface area (TPSA) is 67.2 Å². The van der Waals surface area contributed by atoms with Crippen LogP contribution in [0.4, 0.5) is 4.79 Å². The van der Waals surface area contributed by atoms with Crippen molar-refractivity contribution in [3.8, 4) is 0 Å². The van der Waals surface area contributed by atoms with Gasteiger partial charge < -0.3 is 16.4 Å². The van der Waals surface area contributed by atoms with Gasteiger partial charge in [0.1, 0.15) is 0 Å². The summed E-state index contributed by atoms with van der Waals surface area (Å²) in [4.78, 5) is 11.3. The van der Waals surface area contributed by atoms with E-state index in [2.05, 4.69) is 10.6 Å². The van der Waals surface area contributed by atoms with Gasteiger partial charge in [0, 0.05) is 19.1 Å². The Kier molecular flexibility index (Phi) is 5.47. The smallest absolute Gasteiger partial charge is 0.314 e. The molecule has 0 unspecified atom stereocenters. The van der Waals surface area contributed by atoms with E-state index < -0.39 is 0 Å². The van der Waals surface area contributed by atoms with Crippen molar-refractivity contribution in [2.24, 2.45) is 11.7 Å². The normalized spacial score (nSPS) is 26.0. The molecule has 4 nitrogen and oxygen atoms in total. The fourth-order valence-electron chi connectivity index (χ4n) is 1.93. The average molecular weight is 213 g/mol. The fourth-order valence-corrected chi connectivity index (χ4v) is 1.93. The highest BCUT2D eigenvalue weighted by Gasteiger charge is 2.18. The number of nitrogens with two attached hydrogens (primary N) is 1. The highest BCUT2D eigenvalue weighted by molar-refractivity contribution is 5.73. The lowest BCUT2D eigenvalue weighted by Crippen LogP contribution is -2.40. The van der Waals surface area contributed by atoms with Crippen LogP contribution in [0.3, 0.4) is 0 Å². The van der Waals surface area contributed by atoms with Gasteiger partial charge in [-0.05, 0) is 38.0 Å². The highest BCUT2D eigenvalue weighted by Crippen LogP contribution is 2.22. The minimum absolute atomic E-state index is 0.0354. The van der Waals surface area contributed by atoms with Crippen LogP contribution in [0, 0.1) is 5.92 Å². The quantitative estimate of drug-likeness (QED) is 0.657. The Bertz CT molecular complexity index is 188. The molecular weight excluding hydrogens is 190 g/mol. The van der Waals surface area contributed by atoms with Gasteiger partial charge >= 0.3 is 6.03 Å². The molecule has 1 aliphatic rings. The average Bonchev–Trinajstić information content (AvgIpc) is 2.25. The second-order valence-corrected chi connectivity index (χ2v) is 4.42. The summed E-state index contributed by atoms with van der Waals surface area (Å²) in [6, 6.07) is 0.349. The van der Waals surface area contributed by atoms with E-state index in [9.17, 15) is 4.79 Å². The lowest BCUT2D eigenvalue weighted by molar-refractivity contribution is 0.235. The third-order valence-corrected chi connectivity index (χ3v) is 2.98. The molecule has 0 aromatic carbocycles. The molecule has 0 spiro atoms. The van der Waals surface area contributed by atoms with Gasteiger partial charge in [0.15, 0.2) is 0 Å². The van der Waals surface area contributed by atoms with Crippen molar-refractivity contribution in [3.63, 3.8) is 0 Å². The summed E-state index contributed by atoms with van der Waals surface area (Å²) in [5.41, 5.74) is 5.82. The molecule has 0 aromatic rings. The first kappa shape index (κ1) is 12.3. The number of carbonyl (C=O) groups is 1. The Morgan fingerprint density at radius 3 is 2.53 bits per heavy atom. The van der Waals surface area contributed by atoms with Gasteiger partial charge in [-0.1, -0.05) is 6.92 Å². The SMILES string of the molecule is CCCNC(=O)NCC1CCC(N)CC1. The molecule has 0 aliphatic heterocycles. The molecule has 4 heteroatoms. The van der Waals surface area contributed by atoms with Crippen LogP contribution in [-0.4, -0.2) is 25.2 Å². The third kappa shape index (κ3) is 5.02. The van der Waals surface area contributed by atoms with Crippen LogP contribution in [0.2, 0.25) is 0 Å². The van der Waals surface area contributed by atoms with E-state index in [1.54, 1.807) is 0 Å². The molecule has 15 heavy (non-hydrogen) atoms. The maximum Gasteiger partial charge on any atom is 0.314 e. The third-order valence-electron chi connectivity index (χ3n) is 2.98. The second kappa shape index (κ2) is 6.67. The molecule has 4 N–H and O–H groups in total. The number of urea groups is 1. The highest BCUT2D eigenvalue weighted by atomic mass is 16.2. The molecule has 0 bridgehead atoms. The fraction of sp³-hybridized carbons (Fsp3) is 0.909. The van der Waals surface area contributed by atoms with Gasteiger partial charge in [-0.2, -0.15) is 0 Å². The van der Waals surface area contributed by atoms with Gasteiger partial charge in [-0.15, -0.1) is 0 Å². The van der Waals surface area contributed by atoms with Crippen LogP contribution in [0.15, 0.2) is 0 Å². The van der Waals surface area contributed by atoms with Gasteiger partial charge in [0.25, 0.3) is 0 Å². The molecule has 0 atom stereocenters. The summed E-state index contributed by atoms with van der Waals surface area (Å²) < 4.78 is 0. The van der Waals surface area contributed by atoms with Crippen molar-refractivity contribution in [2.75, 3.05) is 13.1 Å². The molecule has 2 amide bonds. The minimum atomic E-state index is -0.0354. The van der Waals surface area contributed by atoms with Crippen molar-refractivity contribution >= 4 is 6.03 Å². The number of amides is 2. The van der Waals surface area contributed by atoms with Crippen molar-refractivity contribution in [2.45, 2.75) is 45.1 Å². The Morgan fingerprint density at radius 1 is 1.27 bits per heavy atom. The lowest BCUT2D eigenvalue weighted by atomic mass is 9.86. The van der Waals surface area contributed by atoms with E-state index >= 15 is 0 Å². The molecular formula is C11H23N3O. The summed E-state index contributed by atoms with van der Waals surface area (Å²) in [7, 11) is 0. The van der Waals surface area contributed by atoms with Gasteiger partial charge in [0.2, 0.25) is 0 Å². The van der Waals surface area contributed by atoms with Crippen molar-refractivity contribution in [1.82, 2.24) is 10.6 Å². The first-order chi connectivity index (χ1) is 7.22. The summed E-state index contributed by atoms with van der Waals surface area (Å²) in [5, 5.41) is 5.72. The van der Waals surface area contributed by atoms with Crippen molar-refractivity contribution < 1.29 is 4.79 Å². The van der Waals surface area contributed by atoms with Gasteiger partial charge in [0.05, 0.1) is 0 Å². The maximum absolute atomic E-state index is 11.3. The summed E-state index contributed by atoms with van der Waals surface area (Å²) in [6.07, 6.45) is 5.47. The van der Waals surface area contributed by atoms with Crippen LogP contribution in [0.5, 0.6) is 0 Å². The molecule has 0 aromatic heterocycles. The zero-order valence-electron chi connectivity index (χ0n) is 9.59. The standard InChI is InChI=1S/C11H23N3O/c1-2-7-13-11(15)14-8-9-3-5-10(12)6-4-9/h9-10H,2-8,12H2,1H3,(H2,13,14,15). The van der Waals surface area contributed by atoms with Crippen LogP contribution in [0.25, 0.3) is 0 Å². The molecule has 0 saturated heterocycles. The van der Waals surface area contributed by atoms with E-state index in [-0.39, 0.29) is 6.03 Å². The van der Waals surface area contributed by atoms with E-state index in [1.807, 2.05) is 6.92 Å². The maximum atomic E-state index is 11.3. The summed E-state index contributed by atoms with van der Waals surface area (Å²) >= 11 is 0. The zero-order chi connectivity index (χ0) is 11.1. The first-order valence-electron chi connectivity index (χ1n) is 5.99. The van der Waals surface area contributed by atoms with Crippen LogP contribution < -0.4 is 16.4 Å². The Labute approximate surface area is 92.0 Å². The van der Waals surface area contributed by atoms with Crippen LogP contribution in [0.1, 0.15) is 39.0 Å². The molecule has 0 heterocycles. The number of hydrogen-bond acceptors (Lipinski definition) is 2. The second-order valence-electron chi connectivity index (χ2n) is 4.42. The monoisotopic (exact) mass is 213 g/mol. The Morgan fingerprint density at radius 2 is 1.93 bits per heavy atom. The summed E-state index contributed by atoms with van der Waals surface area (Å²) in [5.74, 6) is 0.622. The zero-order valence-corrected chi connectivity index (χ0v) is 9.59. The molecule has 88 valence electrons.